The van der Waals surface area contributed by atoms with E-state index in [0.29, 0.717) is 17.1 Å². The Labute approximate surface area is 181 Å². The lowest BCUT2D eigenvalue weighted by atomic mass is 10.1. The number of rotatable bonds is 8. The minimum absolute atomic E-state index is 0.110. The SMILES string of the molecule is CCCCn1c(=O)c(/C=C/C(=O)/C=C/c2ccc(OC)cc2)cc2cc(Cl)ccc21. The molecule has 3 aromatic rings. The number of hydrogen-bond donors (Lipinski definition) is 0. The second-order valence-electron chi connectivity index (χ2n) is 6.96. The van der Waals surface area contributed by atoms with Gasteiger partial charge in [0.25, 0.3) is 5.56 Å². The van der Waals surface area contributed by atoms with Gasteiger partial charge in [0.2, 0.25) is 0 Å². The quantitative estimate of drug-likeness (QED) is 0.434. The Morgan fingerprint density at radius 1 is 1.07 bits per heavy atom. The molecule has 0 aliphatic rings. The van der Waals surface area contributed by atoms with Gasteiger partial charge in [-0.05, 0) is 66.6 Å². The van der Waals surface area contributed by atoms with Crippen LogP contribution in [0.5, 0.6) is 5.75 Å². The number of ketones is 1. The summed E-state index contributed by atoms with van der Waals surface area (Å²) in [6.45, 7) is 2.71. The van der Waals surface area contributed by atoms with E-state index in [1.807, 2.05) is 36.4 Å². The topological polar surface area (TPSA) is 48.3 Å². The molecule has 0 fully saturated rings. The van der Waals surface area contributed by atoms with Gasteiger partial charge in [0.05, 0.1) is 12.6 Å². The standard InChI is InChI=1S/C25H24ClNO3/c1-3-4-15-27-24-14-9-21(26)17-20(24)16-19(25(27)29)8-11-22(28)10-5-18-6-12-23(30-2)13-7-18/h5-14,16-17H,3-4,15H2,1-2H3/b10-5+,11-8+. The molecule has 0 aliphatic carbocycles. The van der Waals surface area contributed by atoms with Gasteiger partial charge in [-0.15, -0.1) is 0 Å². The average molecular weight is 422 g/mol. The molecular weight excluding hydrogens is 398 g/mol. The number of pyridine rings is 1. The van der Waals surface area contributed by atoms with Crippen molar-refractivity contribution >= 4 is 40.4 Å². The molecular formula is C25H24ClNO3. The zero-order valence-corrected chi connectivity index (χ0v) is 17.9. The third-order valence-corrected chi connectivity index (χ3v) is 5.04. The van der Waals surface area contributed by atoms with E-state index in [2.05, 4.69) is 6.92 Å². The summed E-state index contributed by atoms with van der Waals surface area (Å²) in [4.78, 5) is 25.2. The van der Waals surface area contributed by atoms with E-state index in [9.17, 15) is 9.59 Å². The molecule has 1 heterocycles. The van der Waals surface area contributed by atoms with Crippen LogP contribution in [0.2, 0.25) is 5.02 Å². The molecule has 0 N–H and O–H groups in total. The number of fused-ring (bicyclic) bond motifs is 1. The van der Waals surface area contributed by atoms with E-state index in [1.165, 1.54) is 12.2 Å². The summed E-state index contributed by atoms with van der Waals surface area (Å²) in [5.41, 5.74) is 2.09. The molecule has 3 rings (SSSR count). The summed E-state index contributed by atoms with van der Waals surface area (Å²) in [5, 5.41) is 1.48. The van der Waals surface area contributed by atoms with Crippen molar-refractivity contribution in [3.63, 3.8) is 0 Å². The van der Waals surface area contributed by atoms with Crippen LogP contribution in [0.15, 0.2) is 65.5 Å². The van der Waals surface area contributed by atoms with E-state index >= 15 is 0 Å². The lowest BCUT2D eigenvalue weighted by Crippen LogP contribution is -2.22. The molecule has 0 unspecified atom stereocenters. The first-order chi connectivity index (χ1) is 14.5. The predicted molar refractivity (Wildman–Crippen MR) is 124 cm³/mol. The monoisotopic (exact) mass is 421 g/mol. The first kappa shape index (κ1) is 21.6. The maximum Gasteiger partial charge on any atom is 0.258 e. The number of methoxy groups -OCH3 is 1. The van der Waals surface area contributed by atoms with Gasteiger partial charge in [-0.25, -0.2) is 0 Å². The second-order valence-corrected chi connectivity index (χ2v) is 7.39. The molecule has 0 aliphatic heterocycles. The molecule has 30 heavy (non-hydrogen) atoms. The largest absolute Gasteiger partial charge is 0.497 e. The van der Waals surface area contributed by atoms with Crippen LogP contribution in [-0.2, 0) is 11.3 Å². The smallest absolute Gasteiger partial charge is 0.258 e. The van der Waals surface area contributed by atoms with Crippen molar-refractivity contribution < 1.29 is 9.53 Å². The fraction of sp³-hybridized carbons (Fsp3) is 0.200. The van der Waals surface area contributed by atoms with Gasteiger partial charge in [0.15, 0.2) is 5.78 Å². The number of allylic oxidation sites excluding steroid dienone is 2. The molecule has 154 valence electrons. The molecule has 0 spiro atoms. The van der Waals surface area contributed by atoms with Gasteiger partial charge >= 0.3 is 0 Å². The Balaban J connectivity index is 1.86. The van der Waals surface area contributed by atoms with Crippen molar-refractivity contribution in [2.45, 2.75) is 26.3 Å². The zero-order chi connectivity index (χ0) is 21.5. The molecule has 0 radical (unpaired) electrons. The van der Waals surface area contributed by atoms with Crippen LogP contribution in [0.1, 0.15) is 30.9 Å². The molecule has 0 saturated carbocycles. The van der Waals surface area contributed by atoms with Crippen LogP contribution in [0.3, 0.4) is 0 Å². The van der Waals surface area contributed by atoms with Gasteiger partial charge < -0.3 is 9.30 Å². The normalized spacial score (nSPS) is 11.6. The van der Waals surface area contributed by atoms with Crippen molar-refractivity contribution in [3.8, 4) is 5.75 Å². The summed E-state index contributed by atoms with van der Waals surface area (Å²) in [6, 6.07) is 14.7. The number of halogens is 1. The number of carbonyl (C=O) groups is 1. The van der Waals surface area contributed by atoms with Gasteiger partial charge in [-0.2, -0.15) is 0 Å². The number of aryl methyl sites for hydroxylation is 1. The highest BCUT2D eigenvalue weighted by atomic mass is 35.5. The lowest BCUT2D eigenvalue weighted by molar-refractivity contribution is -0.110. The van der Waals surface area contributed by atoms with Crippen LogP contribution in [0.4, 0.5) is 0 Å². The minimum Gasteiger partial charge on any atom is -0.497 e. The van der Waals surface area contributed by atoms with E-state index in [0.717, 1.165) is 35.1 Å². The third-order valence-electron chi connectivity index (χ3n) is 4.80. The van der Waals surface area contributed by atoms with E-state index in [4.69, 9.17) is 16.3 Å². The molecule has 0 amide bonds. The number of unbranched alkanes of at least 4 members (excludes halogenated alkanes) is 1. The number of aromatic nitrogens is 1. The Morgan fingerprint density at radius 3 is 2.50 bits per heavy atom. The van der Waals surface area contributed by atoms with E-state index < -0.39 is 0 Å². The fourth-order valence-electron chi connectivity index (χ4n) is 3.16. The van der Waals surface area contributed by atoms with Gasteiger partial charge in [-0.1, -0.05) is 43.2 Å². The van der Waals surface area contributed by atoms with Crippen LogP contribution < -0.4 is 10.3 Å². The number of benzene rings is 2. The van der Waals surface area contributed by atoms with Gasteiger partial charge in [-0.3, -0.25) is 9.59 Å². The predicted octanol–water partition coefficient (Wildman–Crippen LogP) is 5.76. The fourth-order valence-corrected chi connectivity index (χ4v) is 3.34. The third kappa shape index (κ3) is 5.28. The summed E-state index contributed by atoms with van der Waals surface area (Å²) in [5.74, 6) is 0.561. The minimum atomic E-state index is -0.198. The number of nitrogens with zero attached hydrogens (tertiary/aromatic N) is 1. The van der Waals surface area contributed by atoms with Crippen molar-refractivity contribution in [1.82, 2.24) is 4.57 Å². The highest BCUT2D eigenvalue weighted by molar-refractivity contribution is 6.31. The average Bonchev–Trinajstić information content (AvgIpc) is 2.76. The maximum absolute atomic E-state index is 13.0. The Hall–Kier alpha value is -3.11. The first-order valence-electron chi connectivity index (χ1n) is 9.89. The summed E-state index contributed by atoms with van der Waals surface area (Å²) >= 11 is 6.14. The summed E-state index contributed by atoms with van der Waals surface area (Å²) in [6.07, 6.45) is 8.07. The van der Waals surface area contributed by atoms with Gasteiger partial charge in [0, 0.05) is 22.5 Å². The lowest BCUT2D eigenvalue weighted by Gasteiger charge is -2.11. The molecule has 1 aromatic heterocycles. The number of hydrogen-bond acceptors (Lipinski definition) is 3. The highest BCUT2D eigenvalue weighted by Crippen LogP contribution is 2.20. The van der Waals surface area contributed by atoms with Crippen LogP contribution >= 0.6 is 11.6 Å². The first-order valence-corrected chi connectivity index (χ1v) is 10.3. The molecule has 5 heteroatoms. The molecule has 0 bridgehead atoms. The number of carbonyl (C=O) groups excluding carboxylic acids is 1. The molecule has 2 aromatic carbocycles. The Morgan fingerprint density at radius 2 is 1.80 bits per heavy atom. The van der Waals surface area contributed by atoms with Crippen LogP contribution in [0, 0.1) is 0 Å². The summed E-state index contributed by atoms with van der Waals surface area (Å²) in [7, 11) is 1.61. The van der Waals surface area contributed by atoms with E-state index in [1.54, 1.807) is 36.0 Å². The zero-order valence-electron chi connectivity index (χ0n) is 17.1. The van der Waals surface area contributed by atoms with Crippen molar-refractivity contribution in [2.24, 2.45) is 0 Å². The van der Waals surface area contributed by atoms with Crippen LogP contribution in [-0.4, -0.2) is 17.5 Å². The second kappa shape index (κ2) is 10.1. The molecule has 0 atom stereocenters. The van der Waals surface area contributed by atoms with Crippen LogP contribution in [0.25, 0.3) is 23.1 Å². The molecule has 0 saturated heterocycles. The van der Waals surface area contributed by atoms with Crippen molar-refractivity contribution in [1.29, 1.82) is 0 Å². The number of ether oxygens (including phenoxy) is 1. The van der Waals surface area contributed by atoms with Crippen molar-refractivity contribution in [3.05, 3.63) is 87.2 Å². The van der Waals surface area contributed by atoms with Gasteiger partial charge in [0.1, 0.15) is 5.75 Å². The Kier molecular flexibility index (Phi) is 7.26. The summed E-state index contributed by atoms with van der Waals surface area (Å²) < 4.78 is 6.88. The Bertz CT molecular complexity index is 1160. The van der Waals surface area contributed by atoms with E-state index in [-0.39, 0.29) is 11.3 Å². The molecule has 4 nitrogen and oxygen atoms in total. The van der Waals surface area contributed by atoms with Crippen molar-refractivity contribution in [2.75, 3.05) is 7.11 Å². The maximum atomic E-state index is 13.0. The highest BCUT2D eigenvalue weighted by Gasteiger charge is 2.08.